The van der Waals surface area contributed by atoms with Gasteiger partial charge >= 0.3 is 0 Å². The number of rotatable bonds is 8. The Labute approximate surface area is 286 Å². The molecule has 4 saturated heterocycles. The minimum absolute atomic E-state index is 0.318. The molecule has 4 heterocycles. The third-order valence-electron chi connectivity index (χ3n) is 9.92. The van der Waals surface area contributed by atoms with E-state index in [-0.39, 0.29) is 0 Å². The van der Waals surface area contributed by atoms with E-state index in [4.69, 9.17) is 9.47 Å². The van der Waals surface area contributed by atoms with Gasteiger partial charge in [-0.25, -0.2) is 28.6 Å². The van der Waals surface area contributed by atoms with E-state index in [1.807, 2.05) is 13.8 Å². The molecule has 8 rings (SSSR count). The Morgan fingerprint density at radius 1 is 0.520 bits per heavy atom. The zero-order chi connectivity index (χ0) is 34.8. The maximum Gasteiger partial charge on any atom is 0.253 e. The number of hydrogen-bond donors (Lipinski definition) is 0. The fourth-order valence-electron chi connectivity index (χ4n) is 8.10. The number of carbonyl (C=O) groups excluding carboxylic acids is 4. The van der Waals surface area contributed by atoms with Gasteiger partial charge in [-0.1, -0.05) is 24.3 Å². The van der Waals surface area contributed by atoms with Crippen LogP contribution in [0.15, 0.2) is 97.1 Å². The Hall–Kier alpha value is -5.46. The zero-order valence-corrected chi connectivity index (χ0v) is 27.1. The van der Waals surface area contributed by atoms with Gasteiger partial charge in [0, 0.05) is 0 Å². The fourth-order valence-corrected chi connectivity index (χ4v) is 8.10. The summed E-state index contributed by atoms with van der Waals surface area (Å²) in [6.45, 7) is 4.55. The first-order valence-corrected chi connectivity index (χ1v) is 16.5. The van der Waals surface area contributed by atoms with Crippen LogP contribution in [0.5, 0.6) is 11.5 Å². The summed E-state index contributed by atoms with van der Waals surface area (Å²) in [5, 5.41) is 3.23. The molecule has 0 aromatic heterocycles. The van der Waals surface area contributed by atoms with Crippen molar-refractivity contribution in [2.75, 3.05) is 23.0 Å². The zero-order valence-electron chi connectivity index (χ0n) is 27.1. The minimum Gasteiger partial charge on any atom is -0.494 e. The molecule has 4 aromatic carbocycles. The fraction of sp³-hybridized carbons (Fsp3) is 0.263. The molecule has 0 saturated carbocycles. The van der Waals surface area contributed by atoms with Crippen molar-refractivity contribution in [1.29, 1.82) is 0 Å². The molecule has 4 aliphatic heterocycles. The quantitative estimate of drug-likeness (QED) is 0.235. The van der Waals surface area contributed by atoms with Crippen molar-refractivity contribution in [3.8, 4) is 11.5 Å². The van der Waals surface area contributed by atoms with Gasteiger partial charge in [0.25, 0.3) is 11.8 Å². The second-order valence-corrected chi connectivity index (χ2v) is 12.6. The normalized spacial score (nSPS) is 26.1. The van der Waals surface area contributed by atoms with Crippen LogP contribution in [0, 0.1) is 23.5 Å². The Balaban J connectivity index is 1.28. The van der Waals surface area contributed by atoms with Crippen LogP contribution in [0.3, 0.4) is 0 Å². The SMILES string of the molecule is CCOc1ccc(N2C(=O)[C@@H]3[C@H](C2=O)N2[C@H](c4cccc(F)c4)[C@@H]4C(=O)N(c5ccc(OCC)cc5)C(=O)[C@@H]4N2[C@H]3c2cccc(F)c2)cc1. The van der Waals surface area contributed by atoms with Crippen LogP contribution in [0.1, 0.15) is 37.1 Å². The average Bonchev–Trinajstić information content (AvgIpc) is 3.77. The molecule has 4 aromatic rings. The molecule has 0 radical (unpaired) electrons. The number of carbonyl (C=O) groups is 4. The standard InChI is InChI=1S/C38H32F2N4O6/c1-3-49-27-15-11-25(12-16-27)41-35(45)29-31(21-7-5-9-23(39)19-21)44-34-30(32(43(44)33(29)37(41)47)22-8-6-10-24(40)20-22)36(46)42(38(34)48)26-13-17-28(18-14-26)50-4-2/h5-20,29-34H,3-4H2,1-2H3/t29-,30-,31-,32+,33+,34+/m0/s1. The van der Waals surface area contributed by atoms with Crippen LogP contribution >= 0.6 is 0 Å². The summed E-state index contributed by atoms with van der Waals surface area (Å²) in [6.07, 6.45) is 0. The van der Waals surface area contributed by atoms with E-state index in [9.17, 15) is 28.0 Å². The molecule has 0 N–H and O–H groups in total. The predicted octanol–water partition coefficient (Wildman–Crippen LogP) is 5.21. The van der Waals surface area contributed by atoms with Gasteiger partial charge in [-0.2, -0.15) is 0 Å². The molecule has 12 heteroatoms. The van der Waals surface area contributed by atoms with E-state index in [0.29, 0.717) is 47.2 Å². The van der Waals surface area contributed by atoms with Crippen molar-refractivity contribution in [3.05, 3.63) is 120 Å². The number of hydrazine groups is 1. The van der Waals surface area contributed by atoms with Crippen LogP contribution in [-0.4, -0.2) is 58.9 Å². The van der Waals surface area contributed by atoms with E-state index in [2.05, 4.69) is 0 Å². The number of benzene rings is 4. The van der Waals surface area contributed by atoms with Gasteiger partial charge in [-0.05, 0) is 97.8 Å². The molecule has 254 valence electrons. The first kappa shape index (κ1) is 31.8. The van der Waals surface area contributed by atoms with Crippen LogP contribution in [0.4, 0.5) is 20.2 Å². The Morgan fingerprint density at radius 2 is 0.900 bits per heavy atom. The molecular formula is C38H32F2N4O6. The number of amides is 4. The predicted molar refractivity (Wildman–Crippen MR) is 177 cm³/mol. The van der Waals surface area contributed by atoms with Crippen LogP contribution in [0.2, 0.25) is 0 Å². The number of ether oxygens (including phenoxy) is 2. The van der Waals surface area contributed by atoms with Gasteiger partial charge in [0.05, 0.1) is 48.5 Å². The van der Waals surface area contributed by atoms with Crippen molar-refractivity contribution in [2.45, 2.75) is 38.0 Å². The Kier molecular flexibility index (Phi) is 7.72. The maximum absolute atomic E-state index is 14.9. The summed E-state index contributed by atoms with van der Waals surface area (Å²) in [4.78, 5) is 60.3. The third kappa shape index (κ3) is 4.73. The second kappa shape index (κ2) is 12.1. The van der Waals surface area contributed by atoms with E-state index in [0.717, 1.165) is 9.80 Å². The van der Waals surface area contributed by atoms with Gasteiger partial charge < -0.3 is 9.47 Å². The summed E-state index contributed by atoms with van der Waals surface area (Å²) < 4.78 is 40.9. The number of imide groups is 2. The molecule has 4 fully saturated rings. The Morgan fingerprint density at radius 3 is 1.24 bits per heavy atom. The highest BCUT2D eigenvalue weighted by Crippen LogP contribution is 2.59. The largest absolute Gasteiger partial charge is 0.494 e. The molecule has 50 heavy (non-hydrogen) atoms. The topological polar surface area (TPSA) is 99.7 Å². The summed E-state index contributed by atoms with van der Waals surface area (Å²) >= 11 is 0. The molecule has 4 amide bonds. The van der Waals surface area contributed by atoms with Gasteiger partial charge in [0.15, 0.2) is 0 Å². The third-order valence-corrected chi connectivity index (χ3v) is 9.92. The van der Waals surface area contributed by atoms with Gasteiger partial charge in [-0.15, -0.1) is 0 Å². The lowest BCUT2D eigenvalue weighted by atomic mass is 9.84. The summed E-state index contributed by atoms with van der Waals surface area (Å²) in [5.74, 6) is -4.41. The van der Waals surface area contributed by atoms with Crippen molar-refractivity contribution in [3.63, 3.8) is 0 Å². The molecule has 6 atom stereocenters. The van der Waals surface area contributed by atoms with Crippen molar-refractivity contribution in [1.82, 2.24) is 10.0 Å². The lowest BCUT2D eigenvalue weighted by Gasteiger charge is -2.35. The lowest BCUT2D eigenvalue weighted by molar-refractivity contribution is -0.136. The van der Waals surface area contributed by atoms with Crippen LogP contribution in [0.25, 0.3) is 0 Å². The number of anilines is 2. The van der Waals surface area contributed by atoms with E-state index >= 15 is 0 Å². The van der Waals surface area contributed by atoms with Crippen molar-refractivity contribution in [2.24, 2.45) is 11.8 Å². The summed E-state index contributed by atoms with van der Waals surface area (Å²) in [5.41, 5.74) is 1.35. The molecule has 0 unspecified atom stereocenters. The summed E-state index contributed by atoms with van der Waals surface area (Å²) in [7, 11) is 0. The molecule has 0 bridgehead atoms. The minimum atomic E-state index is -1.18. The lowest BCUT2D eigenvalue weighted by Crippen LogP contribution is -2.50. The average molecular weight is 679 g/mol. The number of halogens is 2. The maximum atomic E-state index is 14.9. The second-order valence-electron chi connectivity index (χ2n) is 12.6. The number of hydrogen-bond acceptors (Lipinski definition) is 8. The molecule has 10 nitrogen and oxygen atoms in total. The molecule has 0 aliphatic carbocycles. The smallest absolute Gasteiger partial charge is 0.253 e. The highest BCUT2D eigenvalue weighted by atomic mass is 19.1. The first-order valence-electron chi connectivity index (χ1n) is 16.5. The monoisotopic (exact) mass is 678 g/mol. The highest BCUT2D eigenvalue weighted by Gasteiger charge is 2.73. The van der Waals surface area contributed by atoms with E-state index in [1.54, 1.807) is 70.7 Å². The number of nitrogens with zero attached hydrogens (tertiary/aromatic N) is 4. The van der Waals surface area contributed by atoms with E-state index < -0.39 is 71.3 Å². The van der Waals surface area contributed by atoms with Crippen molar-refractivity contribution >= 4 is 35.0 Å². The van der Waals surface area contributed by atoms with Gasteiger partial charge in [-0.3, -0.25) is 19.2 Å². The first-order chi connectivity index (χ1) is 24.2. The van der Waals surface area contributed by atoms with Gasteiger partial charge in [0.1, 0.15) is 35.2 Å². The van der Waals surface area contributed by atoms with Gasteiger partial charge in [0.2, 0.25) is 11.8 Å². The summed E-state index contributed by atoms with van der Waals surface area (Å²) in [6, 6.07) is 20.1. The van der Waals surface area contributed by atoms with Crippen molar-refractivity contribution < 1.29 is 37.4 Å². The highest BCUT2D eigenvalue weighted by molar-refractivity contribution is 6.26. The number of fused-ring (bicyclic) bond motifs is 5. The molecular weight excluding hydrogens is 646 g/mol. The van der Waals surface area contributed by atoms with Crippen LogP contribution in [-0.2, 0) is 19.2 Å². The van der Waals surface area contributed by atoms with E-state index in [1.165, 1.54) is 36.4 Å². The molecule has 4 aliphatic rings. The molecule has 0 spiro atoms. The Bertz CT molecular complexity index is 1880. The van der Waals surface area contributed by atoms with Crippen LogP contribution < -0.4 is 19.3 Å².